The Balaban J connectivity index is 4.15. The summed E-state index contributed by atoms with van der Waals surface area (Å²) in [5.74, 6) is -0.214. The molecule has 0 aromatic heterocycles. The van der Waals surface area contributed by atoms with Gasteiger partial charge in [-0.25, -0.2) is 0 Å². The van der Waals surface area contributed by atoms with Crippen LogP contribution in [0.3, 0.4) is 0 Å². The van der Waals surface area contributed by atoms with Crippen LogP contribution in [-0.4, -0.2) is 56.6 Å². The lowest BCUT2D eigenvalue weighted by molar-refractivity contribution is -0.148. The van der Waals surface area contributed by atoms with E-state index in [0.717, 1.165) is 6.42 Å². The Hall–Kier alpha value is -0.910. The van der Waals surface area contributed by atoms with Gasteiger partial charge in [-0.2, -0.15) is 0 Å². The molecule has 0 saturated carbocycles. The first-order chi connectivity index (χ1) is 9.17. The van der Waals surface area contributed by atoms with Gasteiger partial charge in [-0.3, -0.25) is 9.69 Å². The lowest BCUT2D eigenvalue weighted by Crippen LogP contribution is -2.34. The number of esters is 1. The van der Waals surface area contributed by atoms with Crippen LogP contribution >= 0.6 is 0 Å². The highest BCUT2D eigenvalue weighted by atomic mass is 16.7. The maximum atomic E-state index is 11.5. The molecule has 0 unspecified atom stereocenters. The number of ether oxygens (including phenoxy) is 3. The van der Waals surface area contributed by atoms with Gasteiger partial charge >= 0.3 is 5.97 Å². The van der Waals surface area contributed by atoms with Gasteiger partial charge < -0.3 is 14.2 Å². The lowest BCUT2D eigenvalue weighted by Gasteiger charge is -2.23. The molecule has 19 heavy (non-hydrogen) atoms. The highest BCUT2D eigenvalue weighted by Crippen LogP contribution is 2.04. The number of hydrogen-bond donors (Lipinski definition) is 0. The minimum Gasteiger partial charge on any atom is -0.465 e. The van der Waals surface area contributed by atoms with Crippen molar-refractivity contribution >= 4 is 5.97 Å². The van der Waals surface area contributed by atoms with Crippen LogP contribution in [0.2, 0.25) is 0 Å². The summed E-state index contributed by atoms with van der Waals surface area (Å²) in [5, 5.41) is 0. The van der Waals surface area contributed by atoms with Crippen LogP contribution in [0, 0.1) is 0 Å². The molecule has 0 aliphatic heterocycles. The zero-order valence-electron chi connectivity index (χ0n) is 12.4. The number of hydrogen-bond acceptors (Lipinski definition) is 5. The van der Waals surface area contributed by atoms with Crippen molar-refractivity contribution in [3.05, 3.63) is 12.7 Å². The monoisotopic (exact) mass is 273 g/mol. The first-order valence-corrected chi connectivity index (χ1v) is 6.89. The second-order valence-electron chi connectivity index (χ2n) is 3.96. The smallest absolute Gasteiger partial charge is 0.320 e. The molecule has 0 saturated heterocycles. The highest BCUT2D eigenvalue weighted by molar-refractivity contribution is 5.71. The molecule has 0 aliphatic carbocycles. The van der Waals surface area contributed by atoms with E-state index in [1.165, 1.54) is 0 Å². The van der Waals surface area contributed by atoms with Crippen molar-refractivity contribution in [2.75, 3.05) is 39.5 Å². The van der Waals surface area contributed by atoms with Gasteiger partial charge in [-0.1, -0.05) is 6.08 Å². The molecule has 0 atom stereocenters. The van der Waals surface area contributed by atoms with E-state index >= 15 is 0 Å². The molecule has 0 N–H and O–H groups in total. The fourth-order valence-electron chi connectivity index (χ4n) is 1.68. The second-order valence-corrected chi connectivity index (χ2v) is 3.96. The molecule has 5 nitrogen and oxygen atoms in total. The fraction of sp³-hybridized carbons (Fsp3) is 0.786. The molecule has 0 rings (SSSR count). The summed E-state index contributed by atoms with van der Waals surface area (Å²) in [7, 11) is 0. The molecular weight excluding hydrogens is 246 g/mol. The quantitative estimate of drug-likeness (QED) is 0.308. The zero-order valence-corrected chi connectivity index (χ0v) is 12.4. The number of nitrogens with zero attached hydrogens (tertiary/aromatic N) is 1. The minimum absolute atomic E-state index is 0.214. The zero-order chi connectivity index (χ0) is 14.5. The molecule has 5 heteroatoms. The molecule has 0 aromatic carbocycles. The maximum absolute atomic E-state index is 11.5. The summed E-state index contributed by atoms with van der Waals surface area (Å²) in [6, 6.07) is 0. The number of rotatable bonds is 12. The molecule has 0 heterocycles. The van der Waals surface area contributed by atoms with Crippen molar-refractivity contribution in [2.24, 2.45) is 0 Å². The Labute approximate surface area is 116 Å². The third-order valence-electron chi connectivity index (χ3n) is 2.43. The van der Waals surface area contributed by atoms with E-state index in [2.05, 4.69) is 6.58 Å². The van der Waals surface area contributed by atoms with Gasteiger partial charge in [0, 0.05) is 32.7 Å². The summed E-state index contributed by atoms with van der Waals surface area (Å²) < 4.78 is 15.9. The topological polar surface area (TPSA) is 48.0 Å². The summed E-state index contributed by atoms with van der Waals surface area (Å²) in [5.41, 5.74) is 0. The van der Waals surface area contributed by atoms with Crippen LogP contribution in [0.1, 0.15) is 27.2 Å². The maximum Gasteiger partial charge on any atom is 0.320 e. The van der Waals surface area contributed by atoms with Crippen molar-refractivity contribution in [2.45, 2.75) is 33.5 Å². The Morgan fingerprint density at radius 2 is 1.84 bits per heavy atom. The molecule has 0 spiro atoms. The van der Waals surface area contributed by atoms with E-state index in [-0.39, 0.29) is 18.8 Å². The van der Waals surface area contributed by atoms with E-state index < -0.39 is 0 Å². The van der Waals surface area contributed by atoms with Gasteiger partial charge in [0.1, 0.15) is 0 Å². The fourth-order valence-corrected chi connectivity index (χ4v) is 1.68. The van der Waals surface area contributed by atoms with Crippen LogP contribution in [0.25, 0.3) is 0 Å². The van der Waals surface area contributed by atoms with Crippen LogP contribution in [0.5, 0.6) is 0 Å². The van der Waals surface area contributed by atoms with E-state index in [0.29, 0.717) is 32.9 Å². The standard InChI is InChI=1S/C14H27NO4/c1-5-10-15(12-13(16)17-6-2)11-9-14(18-7-3)19-8-4/h5,14H,1,6-12H2,2-4H3. The van der Waals surface area contributed by atoms with E-state index in [1.54, 1.807) is 13.0 Å². The largest absolute Gasteiger partial charge is 0.465 e. The van der Waals surface area contributed by atoms with E-state index in [4.69, 9.17) is 14.2 Å². The first-order valence-electron chi connectivity index (χ1n) is 6.89. The summed E-state index contributed by atoms with van der Waals surface area (Å²) in [6.45, 7) is 12.6. The van der Waals surface area contributed by atoms with E-state index in [1.807, 2.05) is 18.7 Å². The predicted octanol–water partition coefficient (Wildman–Crippen LogP) is 1.83. The normalized spacial score (nSPS) is 11.0. The average Bonchev–Trinajstić information content (AvgIpc) is 2.36. The van der Waals surface area contributed by atoms with Gasteiger partial charge in [0.05, 0.1) is 13.2 Å². The Morgan fingerprint density at radius 3 is 2.32 bits per heavy atom. The van der Waals surface area contributed by atoms with Crippen molar-refractivity contribution in [1.29, 1.82) is 0 Å². The Bertz CT molecular complexity index is 240. The molecule has 0 aromatic rings. The molecule has 0 amide bonds. The summed E-state index contributed by atoms with van der Waals surface area (Å²) in [4.78, 5) is 13.4. The third-order valence-corrected chi connectivity index (χ3v) is 2.43. The highest BCUT2D eigenvalue weighted by Gasteiger charge is 2.14. The molecule has 0 aliphatic rings. The second kappa shape index (κ2) is 12.1. The lowest BCUT2D eigenvalue weighted by atomic mass is 10.3. The number of carbonyl (C=O) groups excluding carboxylic acids is 1. The molecule has 0 bridgehead atoms. The Morgan fingerprint density at radius 1 is 1.21 bits per heavy atom. The SMILES string of the molecule is C=CCN(CCC(OCC)OCC)CC(=O)OCC. The number of carbonyl (C=O) groups is 1. The van der Waals surface area contributed by atoms with Gasteiger partial charge in [-0.15, -0.1) is 6.58 Å². The van der Waals surface area contributed by atoms with Gasteiger partial charge in [-0.05, 0) is 20.8 Å². The van der Waals surface area contributed by atoms with Gasteiger partial charge in [0.2, 0.25) is 0 Å². The van der Waals surface area contributed by atoms with E-state index in [9.17, 15) is 4.79 Å². The van der Waals surface area contributed by atoms with Crippen molar-refractivity contribution in [1.82, 2.24) is 4.90 Å². The summed E-state index contributed by atoms with van der Waals surface area (Å²) in [6.07, 6.45) is 2.27. The van der Waals surface area contributed by atoms with Crippen molar-refractivity contribution in [3.63, 3.8) is 0 Å². The molecule has 0 radical (unpaired) electrons. The van der Waals surface area contributed by atoms with Gasteiger partial charge in [0.25, 0.3) is 0 Å². The van der Waals surface area contributed by atoms with Crippen molar-refractivity contribution in [3.8, 4) is 0 Å². The Kier molecular flexibility index (Phi) is 11.6. The third kappa shape index (κ3) is 9.64. The van der Waals surface area contributed by atoms with Gasteiger partial charge in [0.15, 0.2) is 6.29 Å². The van der Waals surface area contributed by atoms with Crippen LogP contribution in [0.4, 0.5) is 0 Å². The minimum atomic E-state index is -0.218. The summed E-state index contributed by atoms with van der Waals surface area (Å²) >= 11 is 0. The predicted molar refractivity (Wildman–Crippen MR) is 74.9 cm³/mol. The van der Waals surface area contributed by atoms with Crippen LogP contribution in [-0.2, 0) is 19.0 Å². The molecule has 0 fully saturated rings. The van der Waals surface area contributed by atoms with Crippen molar-refractivity contribution < 1.29 is 19.0 Å². The molecule has 112 valence electrons. The first kappa shape index (κ1) is 18.1. The van der Waals surface area contributed by atoms with Crippen LogP contribution < -0.4 is 0 Å². The van der Waals surface area contributed by atoms with Crippen LogP contribution in [0.15, 0.2) is 12.7 Å². The molecular formula is C14H27NO4. The average molecular weight is 273 g/mol.